The van der Waals surface area contributed by atoms with Gasteiger partial charge in [0.05, 0.1) is 19.9 Å². The van der Waals surface area contributed by atoms with Crippen molar-refractivity contribution in [3.63, 3.8) is 0 Å². The van der Waals surface area contributed by atoms with Crippen LogP contribution in [0.2, 0.25) is 10.0 Å². The highest BCUT2D eigenvalue weighted by atomic mass is 35.5. The van der Waals surface area contributed by atoms with Crippen molar-refractivity contribution in [2.45, 2.75) is 24.2 Å². The van der Waals surface area contributed by atoms with Gasteiger partial charge in [-0.2, -0.15) is 4.31 Å². The summed E-state index contributed by atoms with van der Waals surface area (Å²) in [7, 11) is -4.30. The third kappa shape index (κ3) is 6.05. The maximum Gasteiger partial charge on any atom is 0.269 e. The smallest absolute Gasteiger partial charge is 0.269 e. The Hall–Kier alpha value is -3.55. The molecule has 1 aliphatic heterocycles. The molecule has 3 aromatic rings. The van der Waals surface area contributed by atoms with Gasteiger partial charge in [-0.1, -0.05) is 47.5 Å². The molecule has 2 amide bonds. The van der Waals surface area contributed by atoms with E-state index in [0.717, 1.165) is 32.5 Å². The van der Waals surface area contributed by atoms with E-state index in [2.05, 4.69) is 5.32 Å². The maximum absolute atomic E-state index is 13.6. The number of hydrogen-bond acceptors (Lipinski definition) is 7. The highest BCUT2D eigenvalue weighted by molar-refractivity contribution is 7.89. The molecule has 204 valence electrons. The van der Waals surface area contributed by atoms with Gasteiger partial charge in [-0.05, 0) is 41.5 Å². The summed E-state index contributed by atoms with van der Waals surface area (Å²) in [5.41, 5.74) is 7.11. The van der Waals surface area contributed by atoms with Crippen molar-refractivity contribution in [3.05, 3.63) is 104 Å². The number of sulfonamides is 1. The third-order valence-corrected chi connectivity index (χ3v) is 8.73. The van der Waals surface area contributed by atoms with E-state index in [1.165, 1.54) is 30.3 Å². The predicted molar refractivity (Wildman–Crippen MR) is 144 cm³/mol. The van der Waals surface area contributed by atoms with Gasteiger partial charge in [0.2, 0.25) is 10.0 Å². The van der Waals surface area contributed by atoms with Crippen molar-refractivity contribution in [2.75, 3.05) is 13.1 Å². The fourth-order valence-corrected chi connectivity index (χ4v) is 6.09. The number of hydrogen-bond donors (Lipinski definition) is 2. The minimum Gasteiger partial charge on any atom is -0.349 e. The molecular weight excluding hydrogens is 569 g/mol. The number of benzene rings is 3. The SMILES string of the molecule is NCc1cccc(CNC(=O)C2N(C(=O)c3ccc([N+](=O)[O-])cc3)CCN2S(=O)(=O)c2ccc(Cl)c(Cl)c2)c1. The number of nitrogens with two attached hydrogens (primary N) is 1. The molecule has 4 rings (SSSR count). The molecule has 1 heterocycles. The molecule has 1 unspecified atom stereocenters. The Bertz CT molecular complexity index is 1530. The monoisotopic (exact) mass is 591 g/mol. The number of nitrogens with zero attached hydrogens (tertiary/aromatic N) is 3. The minimum absolute atomic E-state index is 0.0107. The molecule has 0 aromatic heterocycles. The van der Waals surface area contributed by atoms with Crippen LogP contribution in [0.1, 0.15) is 21.5 Å². The molecule has 39 heavy (non-hydrogen) atoms. The molecule has 0 bridgehead atoms. The summed E-state index contributed by atoms with van der Waals surface area (Å²) >= 11 is 12.0. The summed E-state index contributed by atoms with van der Waals surface area (Å²) in [5.74, 6) is -1.40. The lowest BCUT2D eigenvalue weighted by Crippen LogP contribution is -2.53. The van der Waals surface area contributed by atoms with Gasteiger partial charge < -0.3 is 16.0 Å². The fraction of sp³-hybridized carbons (Fsp3) is 0.200. The molecule has 14 heteroatoms. The average molecular weight is 592 g/mol. The van der Waals surface area contributed by atoms with E-state index in [1.807, 2.05) is 6.07 Å². The second-order valence-electron chi connectivity index (χ2n) is 8.61. The van der Waals surface area contributed by atoms with Crippen LogP contribution in [0.25, 0.3) is 0 Å². The number of nitro benzene ring substituents is 1. The lowest BCUT2D eigenvalue weighted by Gasteiger charge is -2.29. The largest absolute Gasteiger partial charge is 0.349 e. The summed E-state index contributed by atoms with van der Waals surface area (Å²) in [6, 6.07) is 15.8. The second kappa shape index (κ2) is 11.7. The summed E-state index contributed by atoms with van der Waals surface area (Å²) < 4.78 is 28.1. The topological polar surface area (TPSA) is 156 Å². The van der Waals surface area contributed by atoms with Crippen molar-refractivity contribution >= 4 is 50.7 Å². The maximum atomic E-state index is 13.6. The van der Waals surface area contributed by atoms with Crippen LogP contribution in [-0.2, 0) is 27.9 Å². The molecule has 3 N–H and O–H groups in total. The number of carbonyl (C=O) groups excluding carboxylic acids is 2. The molecule has 11 nitrogen and oxygen atoms in total. The predicted octanol–water partition coefficient (Wildman–Crippen LogP) is 3.15. The number of nitrogens with one attached hydrogen (secondary N) is 1. The third-order valence-electron chi connectivity index (χ3n) is 6.14. The van der Waals surface area contributed by atoms with Crippen LogP contribution >= 0.6 is 23.2 Å². The normalized spacial score (nSPS) is 15.8. The summed E-state index contributed by atoms with van der Waals surface area (Å²) in [4.78, 5) is 38.2. The summed E-state index contributed by atoms with van der Waals surface area (Å²) in [6.45, 7) is 0.0835. The quantitative estimate of drug-likeness (QED) is 0.301. The second-order valence-corrected chi connectivity index (χ2v) is 11.3. The summed E-state index contributed by atoms with van der Waals surface area (Å²) in [5, 5.41) is 13.9. The number of non-ortho nitro benzene ring substituents is 1. The molecule has 1 atom stereocenters. The zero-order chi connectivity index (χ0) is 28.3. The van der Waals surface area contributed by atoms with Crippen LogP contribution in [-0.4, -0.2) is 53.6 Å². The van der Waals surface area contributed by atoms with Gasteiger partial charge in [0.1, 0.15) is 0 Å². The Morgan fingerprint density at radius 1 is 1.00 bits per heavy atom. The first-order valence-electron chi connectivity index (χ1n) is 11.6. The van der Waals surface area contributed by atoms with Gasteiger partial charge in [-0.3, -0.25) is 19.7 Å². The van der Waals surface area contributed by atoms with Crippen LogP contribution in [0.3, 0.4) is 0 Å². The van der Waals surface area contributed by atoms with Gasteiger partial charge in [0, 0.05) is 43.9 Å². The van der Waals surface area contributed by atoms with Crippen LogP contribution < -0.4 is 11.1 Å². The Morgan fingerprint density at radius 3 is 2.33 bits per heavy atom. The fourth-order valence-electron chi connectivity index (χ4n) is 4.15. The van der Waals surface area contributed by atoms with Crippen molar-refractivity contribution in [1.82, 2.24) is 14.5 Å². The minimum atomic E-state index is -4.30. The Kier molecular flexibility index (Phi) is 8.52. The molecule has 0 saturated carbocycles. The highest BCUT2D eigenvalue weighted by Crippen LogP contribution is 2.30. The van der Waals surface area contributed by atoms with Crippen LogP contribution in [0.5, 0.6) is 0 Å². The van der Waals surface area contributed by atoms with Crippen molar-refractivity contribution < 1.29 is 22.9 Å². The molecule has 0 spiro atoms. The molecule has 1 fully saturated rings. The number of nitro groups is 1. The lowest BCUT2D eigenvalue weighted by molar-refractivity contribution is -0.384. The van der Waals surface area contributed by atoms with Crippen molar-refractivity contribution in [2.24, 2.45) is 5.73 Å². The lowest BCUT2D eigenvalue weighted by atomic mass is 10.1. The van der Waals surface area contributed by atoms with E-state index in [0.29, 0.717) is 6.54 Å². The van der Waals surface area contributed by atoms with E-state index in [-0.39, 0.29) is 45.8 Å². The zero-order valence-electron chi connectivity index (χ0n) is 20.3. The van der Waals surface area contributed by atoms with Gasteiger partial charge in [0.25, 0.3) is 17.5 Å². The first-order valence-corrected chi connectivity index (χ1v) is 13.8. The average Bonchev–Trinajstić information content (AvgIpc) is 3.39. The van der Waals surface area contributed by atoms with E-state index >= 15 is 0 Å². The molecular formula is C25H23Cl2N5O6S. The number of amides is 2. The van der Waals surface area contributed by atoms with Crippen LogP contribution in [0.4, 0.5) is 5.69 Å². The molecule has 0 radical (unpaired) electrons. The van der Waals surface area contributed by atoms with Gasteiger partial charge >= 0.3 is 0 Å². The molecule has 1 aliphatic rings. The highest BCUT2D eigenvalue weighted by Gasteiger charge is 2.46. The van der Waals surface area contributed by atoms with E-state index in [1.54, 1.807) is 18.2 Å². The van der Waals surface area contributed by atoms with E-state index < -0.39 is 32.9 Å². The Morgan fingerprint density at radius 2 is 1.69 bits per heavy atom. The standard InChI is InChI=1S/C25H23Cl2N5O6S/c26-21-9-8-20(13-22(21)27)39(37,38)31-11-10-30(25(34)18-4-6-19(7-5-18)32(35)36)24(31)23(33)29-15-17-3-1-2-16(12-17)14-28/h1-9,12-13,24H,10-11,14-15,28H2,(H,29,33). The number of carbonyl (C=O) groups is 2. The van der Waals surface area contributed by atoms with Gasteiger partial charge in [0.15, 0.2) is 6.17 Å². The Labute approximate surface area is 234 Å². The molecule has 0 aliphatic carbocycles. The first-order chi connectivity index (χ1) is 18.5. The van der Waals surface area contributed by atoms with E-state index in [9.17, 15) is 28.1 Å². The Balaban J connectivity index is 1.67. The van der Waals surface area contributed by atoms with Crippen molar-refractivity contribution in [1.29, 1.82) is 0 Å². The van der Waals surface area contributed by atoms with Crippen LogP contribution in [0, 0.1) is 10.1 Å². The first kappa shape index (κ1) is 28.5. The van der Waals surface area contributed by atoms with E-state index in [4.69, 9.17) is 28.9 Å². The zero-order valence-corrected chi connectivity index (χ0v) is 22.6. The molecule has 3 aromatic carbocycles. The molecule has 1 saturated heterocycles. The van der Waals surface area contributed by atoms with Crippen LogP contribution in [0.15, 0.2) is 71.6 Å². The number of rotatable bonds is 8. The van der Waals surface area contributed by atoms with Gasteiger partial charge in [-0.15, -0.1) is 0 Å². The van der Waals surface area contributed by atoms with Crippen molar-refractivity contribution in [3.8, 4) is 0 Å². The number of halogens is 2. The van der Waals surface area contributed by atoms with Gasteiger partial charge in [-0.25, -0.2) is 8.42 Å². The summed E-state index contributed by atoms with van der Waals surface area (Å²) in [6.07, 6.45) is -1.54.